The number of aromatic nitrogens is 2. The largest absolute Gasteiger partial charge is 0.235 e. The minimum Gasteiger partial charge on any atom is -0.235 e. The minimum absolute atomic E-state index is 0.737. The lowest BCUT2D eigenvalue weighted by atomic mass is 10.1. The molecule has 0 fully saturated rings. The summed E-state index contributed by atoms with van der Waals surface area (Å²) in [6.07, 6.45) is 0. The van der Waals surface area contributed by atoms with Crippen molar-refractivity contribution in [1.82, 2.24) is 9.78 Å². The van der Waals surface area contributed by atoms with Crippen LogP contribution < -0.4 is 0 Å². The lowest BCUT2D eigenvalue weighted by Crippen LogP contribution is -2.03. The summed E-state index contributed by atoms with van der Waals surface area (Å²) >= 11 is 9.86. The van der Waals surface area contributed by atoms with E-state index in [1.54, 1.807) is 0 Å². The molecule has 4 heteroatoms. The number of hydrogen-bond donors (Lipinski definition) is 0. The molecule has 0 aliphatic heterocycles. The molecule has 0 radical (unpaired) electrons. The Morgan fingerprint density at radius 3 is 2.29 bits per heavy atom. The number of benzene rings is 1. The second-order valence-corrected chi connectivity index (χ2v) is 5.51. The van der Waals surface area contributed by atoms with Crippen molar-refractivity contribution in [3.05, 3.63) is 44.1 Å². The molecule has 0 spiro atoms. The monoisotopic (exact) mass is 312 g/mol. The van der Waals surface area contributed by atoms with Crippen LogP contribution in [-0.4, -0.2) is 9.78 Å². The smallest absolute Gasteiger partial charge is 0.0864 e. The summed E-state index contributed by atoms with van der Waals surface area (Å²) in [6, 6.07) is 4.08. The molecule has 1 aromatic heterocycles. The van der Waals surface area contributed by atoms with Crippen LogP contribution in [0.5, 0.6) is 0 Å². The summed E-state index contributed by atoms with van der Waals surface area (Å²) in [7, 11) is 0. The lowest BCUT2D eigenvalue weighted by molar-refractivity contribution is 0.827. The predicted molar refractivity (Wildman–Crippen MR) is 75.2 cm³/mol. The third-order valence-corrected chi connectivity index (χ3v) is 4.25. The average Bonchev–Trinajstić information content (AvgIpc) is 2.45. The van der Waals surface area contributed by atoms with Crippen LogP contribution in [-0.2, 0) is 0 Å². The summed E-state index contributed by atoms with van der Waals surface area (Å²) in [5.41, 5.74) is 5.29. The fraction of sp³-hybridized carbons (Fsp3) is 0.308. The Labute approximate surface area is 115 Å². The zero-order valence-electron chi connectivity index (χ0n) is 10.3. The van der Waals surface area contributed by atoms with Gasteiger partial charge in [0.1, 0.15) is 0 Å². The van der Waals surface area contributed by atoms with Crippen LogP contribution in [0.2, 0.25) is 5.02 Å². The van der Waals surface area contributed by atoms with Crippen LogP contribution in [0.25, 0.3) is 5.69 Å². The molecule has 1 heterocycles. The van der Waals surface area contributed by atoms with E-state index in [1.165, 1.54) is 0 Å². The number of halogens is 2. The zero-order valence-corrected chi connectivity index (χ0v) is 12.6. The maximum Gasteiger partial charge on any atom is 0.0864 e. The summed E-state index contributed by atoms with van der Waals surface area (Å²) in [4.78, 5) is 0. The summed E-state index contributed by atoms with van der Waals surface area (Å²) in [5.74, 6) is 0. The molecular formula is C13H14BrClN2. The van der Waals surface area contributed by atoms with E-state index < -0.39 is 0 Å². The summed E-state index contributed by atoms with van der Waals surface area (Å²) in [6.45, 7) is 8.10. The van der Waals surface area contributed by atoms with Gasteiger partial charge in [0.2, 0.25) is 0 Å². The Morgan fingerprint density at radius 2 is 1.82 bits per heavy atom. The molecule has 0 saturated carbocycles. The van der Waals surface area contributed by atoms with Gasteiger partial charge in [0.25, 0.3) is 0 Å². The van der Waals surface area contributed by atoms with Gasteiger partial charge < -0.3 is 0 Å². The fourth-order valence-corrected chi connectivity index (χ4v) is 2.67. The SMILES string of the molecule is Cc1cc(C)c(-n2nc(C)c(Br)c2C)c(Cl)c1. The first-order chi connectivity index (χ1) is 7.91. The van der Waals surface area contributed by atoms with E-state index in [0.29, 0.717) is 0 Å². The van der Waals surface area contributed by atoms with Gasteiger partial charge in [-0.05, 0) is 60.8 Å². The topological polar surface area (TPSA) is 17.8 Å². The van der Waals surface area contributed by atoms with Crippen molar-refractivity contribution in [3.63, 3.8) is 0 Å². The van der Waals surface area contributed by atoms with E-state index in [0.717, 1.165) is 37.7 Å². The van der Waals surface area contributed by atoms with E-state index in [4.69, 9.17) is 11.6 Å². The molecule has 0 saturated heterocycles. The maximum absolute atomic E-state index is 6.33. The highest BCUT2D eigenvalue weighted by Gasteiger charge is 2.14. The van der Waals surface area contributed by atoms with Crippen LogP contribution in [0, 0.1) is 27.7 Å². The molecule has 90 valence electrons. The standard InChI is InChI=1S/C13H14BrClN2/c1-7-5-8(2)13(11(15)6-7)17-10(4)12(14)9(3)16-17/h5-6H,1-4H3. The Kier molecular flexibility index (Phi) is 3.32. The van der Waals surface area contributed by atoms with E-state index in [-0.39, 0.29) is 0 Å². The quantitative estimate of drug-likeness (QED) is 0.757. The van der Waals surface area contributed by atoms with Crippen LogP contribution in [0.3, 0.4) is 0 Å². The lowest BCUT2D eigenvalue weighted by Gasteiger charge is -2.11. The van der Waals surface area contributed by atoms with Crippen molar-refractivity contribution in [1.29, 1.82) is 0 Å². The first-order valence-corrected chi connectivity index (χ1v) is 6.57. The van der Waals surface area contributed by atoms with E-state index >= 15 is 0 Å². The second kappa shape index (κ2) is 4.46. The van der Waals surface area contributed by atoms with E-state index in [9.17, 15) is 0 Å². The van der Waals surface area contributed by atoms with E-state index in [2.05, 4.69) is 34.0 Å². The number of aryl methyl sites for hydroxylation is 3. The average molecular weight is 314 g/mol. The molecule has 0 bridgehead atoms. The van der Waals surface area contributed by atoms with Gasteiger partial charge in [0.05, 0.1) is 26.6 Å². The van der Waals surface area contributed by atoms with Gasteiger partial charge >= 0.3 is 0 Å². The van der Waals surface area contributed by atoms with Crippen molar-refractivity contribution in [2.45, 2.75) is 27.7 Å². The van der Waals surface area contributed by atoms with Gasteiger partial charge in [0, 0.05) is 0 Å². The molecule has 0 unspecified atom stereocenters. The molecule has 1 aromatic carbocycles. The van der Waals surface area contributed by atoms with Crippen molar-refractivity contribution in [2.24, 2.45) is 0 Å². The molecule has 0 N–H and O–H groups in total. The van der Waals surface area contributed by atoms with Crippen molar-refractivity contribution in [3.8, 4) is 5.69 Å². The molecule has 0 amide bonds. The molecule has 17 heavy (non-hydrogen) atoms. The normalized spacial score (nSPS) is 10.9. The molecular weight excluding hydrogens is 300 g/mol. The first kappa shape index (κ1) is 12.7. The van der Waals surface area contributed by atoms with Crippen LogP contribution >= 0.6 is 27.5 Å². The Hall–Kier alpha value is -0.800. The van der Waals surface area contributed by atoms with Crippen LogP contribution in [0.4, 0.5) is 0 Å². The van der Waals surface area contributed by atoms with Crippen molar-refractivity contribution < 1.29 is 0 Å². The van der Waals surface area contributed by atoms with Gasteiger partial charge in [-0.3, -0.25) is 0 Å². The molecule has 2 rings (SSSR count). The highest BCUT2D eigenvalue weighted by atomic mass is 79.9. The number of rotatable bonds is 1. The molecule has 0 aliphatic rings. The van der Waals surface area contributed by atoms with Crippen molar-refractivity contribution >= 4 is 27.5 Å². The highest BCUT2D eigenvalue weighted by molar-refractivity contribution is 9.10. The van der Waals surface area contributed by atoms with Gasteiger partial charge in [-0.15, -0.1) is 0 Å². The third-order valence-electron chi connectivity index (χ3n) is 2.81. The number of nitrogens with zero attached hydrogens (tertiary/aromatic N) is 2. The fourth-order valence-electron chi connectivity index (χ4n) is 2.02. The van der Waals surface area contributed by atoms with Crippen LogP contribution in [0.15, 0.2) is 16.6 Å². The Morgan fingerprint density at radius 1 is 1.18 bits per heavy atom. The highest BCUT2D eigenvalue weighted by Crippen LogP contribution is 2.30. The van der Waals surface area contributed by atoms with Crippen LogP contribution in [0.1, 0.15) is 22.5 Å². The maximum atomic E-state index is 6.33. The summed E-state index contributed by atoms with van der Waals surface area (Å²) in [5, 5.41) is 5.25. The summed E-state index contributed by atoms with van der Waals surface area (Å²) < 4.78 is 2.94. The zero-order chi connectivity index (χ0) is 12.7. The van der Waals surface area contributed by atoms with E-state index in [1.807, 2.05) is 31.5 Å². The molecule has 2 nitrogen and oxygen atoms in total. The van der Waals surface area contributed by atoms with Gasteiger partial charge in [0.15, 0.2) is 0 Å². The van der Waals surface area contributed by atoms with Gasteiger partial charge in [-0.25, -0.2) is 4.68 Å². The minimum atomic E-state index is 0.737. The second-order valence-electron chi connectivity index (χ2n) is 4.31. The molecule has 2 aromatic rings. The van der Waals surface area contributed by atoms with Gasteiger partial charge in [-0.1, -0.05) is 17.7 Å². The predicted octanol–water partition coefficient (Wildman–Crippen LogP) is 4.52. The Balaban J connectivity index is 2.73. The van der Waals surface area contributed by atoms with Crippen molar-refractivity contribution in [2.75, 3.05) is 0 Å². The Bertz CT molecular complexity index is 564. The molecule has 0 aliphatic carbocycles. The molecule has 0 atom stereocenters. The van der Waals surface area contributed by atoms with Gasteiger partial charge in [-0.2, -0.15) is 5.10 Å². The third kappa shape index (κ3) is 2.14. The first-order valence-electron chi connectivity index (χ1n) is 5.40. The number of hydrogen-bond acceptors (Lipinski definition) is 1.